The molecule has 1 heterocycles. The van der Waals surface area contributed by atoms with E-state index < -0.39 is 90.7 Å². The zero-order valence-corrected chi connectivity index (χ0v) is 25.5. The molecule has 0 aliphatic rings. The van der Waals surface area contributed by atoms with Gasteiger partial charge in [-0.1, -0.05) is 0 Å². The minimum absolute atomic E-state index is 0.0316. The topological polar surface area (TPSA) is 279 Å². The molecule has 1 aromatic heterocycles. The average Bonchev–Trinajstić information content (AvgIpc) is 2.90. The first-order chi connectivity index (χ1) is 19.8. The van der Waals surface area contributed by atoms with Crippen LogP contribution in [0.4, 0.5) is 17.6 Å². The van der Waals surface area contributed by atoms with E-state index in [9.17, 15) is 42.8 Å². The summed E-state index contributed by atoms with van der Waals surface area (Å²) in [6.45, 7) is 0. The Bertz CT molecular complexity index is 2130. The lowest BCUT2D eigenvalue weighted by molar-refractivity contribution is 0.479. The third-order valence-corrected chi connectivity index (χ3v) is 11.0. The van der Waals surface area contributed by atoms with Crippen molar-refractivity contribution < 1.29 is 42.8 Å². The summed E-state index contributed by atoms with van der Waals surface area (Å²) in [5.74, 6) is -2.61. The van der Waals surface area contributed by atoms with Crippen LogP contribution in [-0.4, -0.2) is 76.3 Å². The van der Waals surface area contributed by atoms with E-state index in [0.717, 1.165) is 25.2 Å². The first-order valence-electron chi connectivity index (χ1n) is 11.2. The third-order valence-electron chi connectivity index (χ3n) is 5.47. The Balaban J connectivity index is 1.85. The molecule has 22 heteroatoms. The summed E-state index contributed by atoms with van der Waals surface area (Å²) in [6, 6.07) is 8.73. The zero-order valence-electron chi connectivity index (χ0n) is 21.4. The van der Waals surface area contributed by atoms with Crippen LogP contribution in [0.15, 0.2) is 51.1 Å². The molecule has 0 aliphatic carbocycles. The Morgan fingerprint density at radius 3 is 2.05 bits per heavy atom. The van der Waals surface area contributed by atoms with Crippen LogP contribution in [0, 0.1) is 22.7 Å². The molecule has 0 aliphatic heterocycles. The lowest BCUT2D eigenvalue weighted by atomic mass is 10.1. The first-order valence-corrected chi connectivity index (χ1v) is 17.7. The molecule has 0 unspecified atom stereocenters. The largest absolute Gasteiger partial charge is 0.323 e. The number of sulfone groups is 1. The zero-order chi connectivity index (χ0) is 32.4. The standard InChI is InChI=1S/C21H18ClN7O10S4/c1-29(41(32,33)8-2-7-40(30,31)15-4-3-13(11-23)14(9-15)12-24)21-27-19(22)26-20(28-21)25-17-10-16(42(34,35)36)5-6-18(17)43(37,38)39/h3-6,9-10H,2,7-8H2,1H3,(H,34,35,36)(H,37,38,39)(H,25,26,27,28). The fraction of sp³-hybridized carbons (Fsp3) is 0.190. The number of aromatic nitrogens is 3. The molecule has 0 saturated carbocycles. The summed E-state index contributed by atoms with van der Waals surface area (Å²) in [5.41, 5.74) is -0.833. The molecular weight excluding hydrogens is 674 g/mol. The van der Waals surface area contributed by atoms with Crippen LogP contribution in [0.1, 0.15) is 17.5 Å². The molecule has 3 aromatic rings. The van der Waals surface area contributed by atoms with Crippen molar-refractivity contribution in [2.24, 2.45) is 0 Å². The van der Waals surface area contributed by atoms with Gasteiger partial charge in [0.1, 0.15) is 17.0 Å². The van der Waals surface area contributed by atoms with Gasteiger partial charge in [-0.15, -0.1) is 0 Å². The fourth-order valence-electron chi connectivity index (χ4n) is 3.37. The van der Waals surface area contributed by atoms with Crippen molar-refractivity contribution in [1.29, 1.82) is 10.5 Å². The second kappa shape index (κ2) is 12.3. The molecular formula is C21H18ClN7O10S4. The minimum Gasteiger partial charge on any atom is -0.323 e. The van der Waals surface area contributed by atoms with Gasteiger partial charge in [0.25, 0.3) is 20.2 Å². The Kier molecular flexibility index (Phi) is 9.62. The molecule has 3 N–H and O–H groups in total. The number of nitrogens with one attached hydrogen (secondary N) is 1. The minimum atomic E-state index is -4.95. The molecule has 0 amide bonds. The van der Waals surface area contributed by atoms with Crippen molar-refractivity contribution in [3.63, 3.8) is 0 Å². The van der Waals surface area contributed by atoms with Gasteiger partial charge in [0.05, 0.1) is 38.1 Å². The van der Waals surface area contributed by atoms with Crippen molar-refractivity contribution in [3.8, 4) is 12.1 Å². The molecule has 0 atom stereocenters. The third kappa shape index (κ3) is 8.11. The van der Waals surface area contributed by atoms with E-state index in [4.69, 9.17) is 22.1 Å². The number of anilines is 3. The van der Waals surface area contributed by atoms with Crippen LogP contribution < -0.4 is 9.62 Å². The molecule has 2 aromatic carbocycles. The number of rotatable bonds is 11. The number of benzene rings is 2. The Morgan fingerprint density at radius 2 is 1.47 bits per heavy atom. The molecule has 0 fully saturated rings. The van der Waals surface area contributed by atoms with Gasteiger partial charge in [-0.25, -0.2) is 21.1 Å². The van der Waals surface area contributed by atoms with Gasteiger partial charge in [0.15, 0.2) is 9.84 Å². The Hall–Kier alpha value is -3.96. The maximum Gasteiger partial charge on any atom is 0.296 e. The van der Waals surface area contributed by atoms with Gasteiger partial charge in [-0.2, -0.15) is 42.3 Å². The highest BCUT2D eigenvalue weighted by Gasteiger charge is 2.26. The molecule has 0 radical (unpaired) electrons. The molecule has 43 heavy (non-hydrogen) atoms. The van der Waals surface area contributed by atoms with Gasteiger partial charge in [-0.05, 0) is 54.4 Å². The molecule has 228 valence electrons. The van der Waals surface area contributed by atoms with Crippen molar-refractivity contribution >= 4 is 69.3 Å². The van der Waals surface area contributed by atoms with E-state index in [2.05, 4.69) is 20.3 Å². The number of halogens is 1. The highest BCUT2D eigenvalue weighted by atomic mass is 35.5. The summed E-state index contributed by atoms with van der Waals surface area (Å²) >= 11 is 5.87. The van der Waals surface area contributed by atoms with Crippen LogP contribution in [-0.2, 0) is 40.1 Å². The molecule has 0 bridgehead atoms. The van der Waals surface area contributed by atoms with Crippen LogP contribution in [0.25, 0.3) is 0 Å². The SMILES string of the molecule is CN(c1nc(Cl)nc(Nc2cc(S(=O)(=O)O)ccc2S(=O)(=O)O)n1)S(=O)(=O)CCCS(=O)(=O)c1ccc(C#N)c(C#N)c1. The molecule has 3 rings (SSSR count). The van der Waals surface area contributed by atoms with E-state index in [-0.39, 0.29) is 16.0 Å². The molecule has 0 saturated heterocycles. The normalized spacial score (nSPS) is 12.2. The van der Waals surface area contributed by atoms with Crippen molar-refractivity contribution in [1.82, 2.24) is 15.0 Å². The maximum atomic E-state index is 12.9. The number of nitrogens with zero attached hydrogens (tertiary/aromatic N) is 6. The smallest absolute Gasteiger partial charge is 0.296 e. The van der Waals surface area contributed by atoms with Crippen LogP contribution in [0.5, 0.6) is 0 Å². The van der Waals surface area contributed by atoms with E-state index in [0.29, 0.717) is 22.5 Å². The quantitative estimate of drug-likeness (QED) is 0.238. The van der Waals surface area contributed by atoms with Gasteiger partial charge in [-0.3, -0.25) is 9.11 Å². The number of sulfonamides is 1. The van der Waals surface area contributed by atoms with Gasteiger partial charge < -0.3 is 5.32 Å². The number of hydrogen-bond donors (Lipinski definition) is 3. The van der Waals surface area contributed by atoms with Gasteiger partial charge in [0.2, 0.25) is 27.2 Å². The van der Waals surface area contributed by atoms with E-state index in [1.165, 1.54) is 0 Å². The second-order valence-electron chi connectivity index (χ2n) is 8.35. The van der Waals surface area contributed by atoms with Crippen molar-refractivity contribution in [3.05, 3.63) is 52.8 Å². The maximum absolute atomic E-state index is 12.9. The monoisotopic (exact) mass is 691 g/mol. The lowest BCUT2D eigenvalue weighted by Gasteiger charge is -2.18. The summed E-state index contributed by atoms with van der Waals surface area (Å²) < 4.78 is 117. The van der Waals surface area contributed by atoms with Gasteiger partial charge >= 0.3 is 0 Å². The number of nitriles is 2. The predicted molar refractivity (Wildman–Crippen MR) is 149 cm³/mol. The van der Waals surface area contributed by atoms with E-state index in [1.54, 1.807) is 12.1 Å². The van der Waals surface area contributed by atoms with Gasteiger partial charge in [0, 0.05) is 7.05 Å². The molecule has 0 spiro atoms. The fourth-order valence-corrected chi connectivity index (χ4v) is 7.29. The van der Waals surface area contributed by atoms with Crippen LogP contribution in [0.3, 0.4) is 0 Å². The Morgan fingerprint density at radius 1 is 0.837 bits per heavy atom. The summed E-state index contributed by atoms with van der Waals surface area (Å²) in [7, 11) is -17.2. The van der Waals surface area contributed by atoms with E-state index in [1.807, 2.05) is 0 Å². The average molecular weight is 692 g/mol. The summed E-state index contributed by atoms with van der Waals surface area (Å²) in [4.78, 5) is 9.24. The van der Waals surface area contributed by atoms with Crippen LogP contribution >= 0.6 is 11.6 Å². The van der Waals surface area contributed by atoms with E-state index >= 15 is 0 Å². The summed E-state index contributed by atoms with van der Waals surface area (Å²) in [6.07, 6.45) is -0.416. The van der Waals surface area contributed by atoms with Crippen molar-refractivity contribution in [2.45, 2.75) is 21.1 Å². The summed E-state index contributed by atoms with van der Waals surface area (Å²) in [5, 5.41) is 19.8. The lowest BCUT2D eigenvalue weighted by Crippen LogP contribution is -2.31. The van der Waals surface area contributed by atoms with Crippen LogP contribution in [0.2, 0.25) is 5.28 Å². The van der Waals surface area contributed by atoms with Crippen molar-refractivity contribution in [2.75, 3.05) is 28.2 Å². The number of hydrogen-bond acceptors (Lipinski definition) is 14. The second-order valence-corrected chi connectivity index (χ2v) is 15.7. The highest BCUT2D eigenvalue weighted by Crippen LogP contribution is 2.28. The first kappa shape index (κ1) is 33.5. The molecule has 17 nitrogen and oxygen atoms in total. The predicted octanol–water partition coefficient (Wildman–Crippen LogP) is 1.14. The Labute approximate surface area is 250 Å². The highest BCUT2D eigenvalue weighted by molar-refractivity contribution is 7.93.